The average molecular weight is 641 g/mol. The average Bonchev–Trinajstić information content (AvgIpc) is 3.64. The highest BCUT2D eigenvalue weighted by Gasteiger charge is 2.77. The van der Waals surface area contributed by atoms with Crippen molar-refractivity contribution in [3.8, 4) is 0 Å². The van der Waals surface area contributed by atoms with Crippen molar-refractivity contribution < 1.29 is 29.2 Å². The van der Waals surface area contributed by atoms with Crippen molar-refractivity contribution in [3.63, 3.8) is 0 Å². The zero-order valence-electron chi connectivity index (χ0n) is 26.3. The second kappa shape index (κ2) is 12.4. The third-order valence-corrected chi connectivity index (χ3v) is 8.90. The number of rotatable bonds is 10. The molecule has 1 aliphatic heterocycles. The van der Waals surface area contributed by atoms with Crippen LogP contribution in [-0.2, 0) is 30.1 Å². The Morgan fingerprint density at radius 1 is 1.02 bits per heavy atom. The van der Waals surface area contributed by atoms with Gasteiger partial charge in [0.25, 0.3) is 5.56 Å². The van der Waals surface area contributed by atoms with Crippen molar-refractivity contribution >= 4 is 23.0 Å². The number of anilines is 1. The number of methoxy groups -OCH3 is 2. The Kier molecular flexibility index (Phi) is 8.42. The Balaban J connectivity index is 1.85. The molecule has 4 N–H and O–H groups in total. The molecule has 0 radical (unpaired) electrons. The Labute approximate surface area is 270 Å². The van der Waals surface area contributed by atoms with Crippen molar-refractivity contribution in [1.29, 1.82) is 0 Å². The van der Waals surface area contributed by atoms with Gasteiger partial charge in [0.05, 0.1) is 18.3 Å². The number of aromatic nitrogens is 4. The number of fused-ring (bicyclic) bond motifs is 1. The maximum Gasteiger partial charge on any atom is 0.280 e. The van der Waals surface area contributed by atoms with Crippen LogP contribution in [0.3, 0.4) is 0 Å². The molecule has 0 bridgehead atoms. The van der Waals surface area contributed by atoms with Crippen molar-refractivity contribution in [2.75, 3.05) is 33.3 Å². The molecule has 1 saturated heterocycles. The number of hydrazine groups is 1. The molecule has 1 amide bonds. The van der Waals surface area contributed by atoms with Gasteiger partial charge in [0.2, 0.25) is 23.4 Å². The minimum atomic E-state index is -2.39. The normalized spacial score (nSPS) is 22.8. The fourth-order valence-corrected chi connectivity index (χ4v) is 6.86. The summed E-state index contributed by atoms with van der Waals surface area (Å²) in [6.45, 7) is 0.791. The van der Waals surface area contributed by atoms with E-state index >= 15 is 0 Å². The van der Waals surface area contributed by atoms with E-state index in [0.29, 0.717) is 16.7 Å². The number of carbonyl (C=O) groups is 1. The zero-order valence-corrected chi connectivity index (χ0v) is 26.3. The lowest BCUT2D eigenvalue weighted by molar-refractivity contribution is -0.328. The molecule has 3 heterocycles. The number of aliphatic hydroxyl groups is 2. The van der Waals surface area contributed by atoms with Crippen molar-refractivity contribution in [1.82, 2.24) is 24.5 Å². The highest BCUT2D eigenvalue weighted by atomic mass is 16.7. The maximum absolute atomic E-state index is 13.5. The van der Waals surface area contributed by atoms with E-state index in [9.17, 15) is 19.8 Å². The predicted octanol–water partition coefficient (Wildman–Crippen LogP) is 2.35. The predicted molar refractivity (Wildman–Crippen MR) is 172 cm³/mol. The number of nitrogens with one attached hydrogen (secondary N) is 2. The number of hydrogen-bond donors (Lipinski definition) is 4. The van der Waals surface area contributed by atoms with Gasteiger partial charge in [-0.2, -0.15) is 4.98 Å². The van der Waals surface area contributed by atoms with Crippen LogP contribution >= 0.6 is 0 Å². The number of benzene rings is 3. The molecule has 13 heteroatoms. The Bertz CT molecular complexity index is 1820. The van der Waals surface area contributed by atoms with Gasteiger partial charge in [0, 0.05) is 28.2 Å². The minimum absolute atomic E-state index is 0.00992. The van der Waals surface area contributed by atoms with Gasteiger partial charge in [-0.3, -0.25) is 29.6 Å². The van der Waals surface area contributed by atoms with E-state index < -0.39 is 41.3 Å². The SMILES string of the molecule is CO[C@@H]1[C@@H](CO)O[C@](n2cnc3c(=O)[nH]c(NN(C)C(C)=O)nc32)(C(c2ccccc2)(c2ccccc2)c2ccccc2)[C@@]1(O)OC. The highest BCUT2D eigenvalue weighted by molar-refractivity contribution is 5.75. The number of nitrogens with zero attached hydrogens (tertiary/aromatic N) is 4. The first kappa shape index (κ1) is 32.0. The summed E-state index contributed by atoms with van der Waals surface area (Å²) in [5.74, 6) is -2.79. The molecule has 6 rings (SSSR count). The van der Waals surface area contributed by atoms with E-state index in [1.807, 2.05) is 91.0 Å². The Morgan fingerprint density at radius 2 is 1.55 bits per heavy atom. The summed E-state index contributed by atoms with van der Waals surface area (Å²) in [5, 5.41) is 25.1. The lowest BCUT2D eigenvalue weighted by Crippen LogP contribution is -2.69. The molecular weight excluding hydrogens is 604 g/mol. The van der Waals surface area contributed by atoms with E-state index in [2.05, 4.69) is 15.4 Å². The summed E-state index contributed by atoms with van der Waals surface area (Å²) in [6, 6.07) is 28.3. The molecule has 0 unspecified atom stereocenters. The van der Waals surface area contributed by atoms with Crippen molar-refractivity contribution in [3.05, 3.63) is 124 Å². The monoisotopic (exact) mass is 640 g/mol. The number of amides is 1. The first-order chi connectivity index (χ1) is 22.7. The van der Waals surface area contributed by atoms with E-state index in [1.54, 1.807) is 0 Å². The number of aromatic amines is 1. The first-order valence-corrected chi connectivity index (χ1v) is 14.9. The van der Waals surface area contributed by atoms with Crippen LogP contribution in [0.25, 0.3) is 11.2 Å². The van der Waals surface area contributed by atoms with Gasteiger partial charge in [-0.25, -0.2) is 4.98 Å². The third-order valence-electron chi connectivity index (χ3n) is 8.90. The number of ether oxygens (including phenoxy) is 3. The van der Waals surface area contributed by atoms with Crippen LogP contribution in [0, 0.1) is 0 Å². The van der Waals surface area contributed by atoms with E-state index in [4.69, 9.17) is 19.2 Å². The van der Waals surface area contributed by atoms with Crippen molar-refractivity contribution in [2.24, 2.45) is 0 Å². The number of imidazole rings is 1. The molecule has 3 aromatic carbocycles. The highest BCUT2D eigenvalue weighted by Crippen LogP contribution is 2.61. The van der Waals surface area contributed by atoms with Crippen LogP contribution in [0.1, 0.15) is 23.6 Å². The summed E-state index contributed by atoms with van der Waals surface area (Å²) >= 11 is 0. The van der Waals surface area contributed by atoms with E-state index in [0.717, 1.165) is 5.01 Å². The number of H-pyrrole nitrogens is 1. The smallest absolute Gasteiger partial charge is 0.280 e. The summed E-state index contributed by atoms with van der Waals surface area (Å²) < 4.78 is 20.5. The summed E-state index contributed by atoms with van der Waals surface area (Å²) in [5.41, 5.74) is 0.441. The van der Waals surface area contributed by atoms with Gasteiger partial charge in [-0.05, 0) is 16.7 Å². The van der Waals surface area contributed by atoms with Gasteiger partial charge < -0.3 is 24.4 Å². The molecule has 2 aromatic heterocycles. The van der Waals surface area contributed by atoms with Crippen LogP contribution in [0.4, 0.5) is 5.95 Å². The molecule has 0 aliphatic carbocycles. The third kappa shape index (κ3) is 4.66. The molecule has 0 spiro atoms. The fourth-order valence-electron chi connectivity index (χ4n) is 6.86. The quantitative estimate of drug-likeness (QED) is 0.101. The standard InChI is InChI=1S/C34H36N6O7/c1-22(42)39(2)38-31-36-29-27(30(43)37-31)35-21-40(29)34(33(44,46-4)28(45-3)26(20-41)47-34)32(23-14-8-5-9-15-23,24-16-10-6-11-17-24)25-18-12-7-13-19-25/h5-19,21,26,28,41,44H,20H2,1-4H3,(H2,36,37,38,43)/t26-,28-,33+,34-/m1/s1. The minimum Gasteiger partial charge on any atom is -0.394 e. The molecule has 47 heavy (non-hydrogen) atoms. The van der Waals surface area contributed by atoms with Crippen LogP contribution in [0.5, 0.6) is 0 Å². The fraction of sp³-hybridized carbons (Fsp3) is 0.294. The summed E-state index contributed by atoms with van der Waals surface area (Å²) in [7, 11) is 4.19. The first-order valence-electron chi connectivity index (χ1n) is 14.9. The lowest BCUT2D eigenvalue weighted by Gasteiger charge is -2.54. The second-order valence-electron chi connectivity index (χ2n) is 11.3. The van der Waals surface area contributed by atoms with Gasteiger partial charge in [-0.15, -0.1) is 0 Å². The number of aliphatic hydroxyl groups excluding tert-OH is 1. The molecule has 244 valence electrons. The maximum atomic E-state index is 13.5. The summed E-state index contributed by atoms with van der Waals surface area (Å²) in [4.78, 5) is 37.3. The second-order valence-corrected chi connectivity index (χ2v) is 11.3. The van der Waals surface area contributed by atoms with Crippen LogP contribution < -0.4 is 11.0 Å². The van der Waals surface area contributed by atoms with Crippen LogP contribution in [-0.4, -0.2) is 86.5 Å². The van der Waals surface area contributed by atoms with Crippen LogP contribution in [0.15, 0.2) is 102 Å². The zero-order chi connectivity index (χ0) is 33.4. The van der Waals surface area contributed by atoms with Gasteiger partial charge in [-0.1, -0.05) is 91.0 Å². The van der Waals surface area contributed by atoms with Gasteiger partial charge >= 0.3 is 0 Å². The molecule has 5 aromatic rings. The molecule has 13 nitrogen and oxygen atoms in total. The molecular formula is C34H36N6O7. The molecule has 1 aliphatic rings. The van der Waals surface area contributed by atoms with Gasteiger partial charge in [0.1, 0.15) is 12.2 Å². The summed E-state index contributed by atoms with van der Waals surface area (Å²) in [6.07, 6.45) is -1.04. The largest absolute Gasteiger partial charge is 0.394 e. The van der Waals surface area contributed by atoms with Gasteiger partial charge in [0.15, 0.2) is 11.2 Å². The van der Waals surface area contributed by atoms with E-state index in [-0.39, 0.29) is 23.0 Å². The lowest BCUT2D eigenvalue weighted by atomic mass is 9.59. The molecule has 4 atom stereocenters. The van der Waals surface area contributed by atoms with Crippen LogP contribution in [0.2, 0.25) is 0 Å². The van der Waals surface area contributed by atoms with Crippen molar-refractivity contribution in [2.45, 2.75) is 36.1 Å². The molecule has 0 saturated carbocycles. The van der Waals surface area contributed by atoms with E-state index in [1.165, 1.54) is 39.1 Å². The topological polar surface area (TPSA) is 164 Å². The Morgan fingerprint density at radius 3 is 2.00 bits per heavy atom. The number of carbonyl (C=O) groups excluding carboxylic acids is 1. The molecule has 1 fully saturated rings. The number of hydrogen-bond acceptors (Lipinski definition) is 10. The Hall–Kier alpha value is -4.92.